The number of ether oxygens (including phenoxy) is 3. The van der Waals surface area contributed by atoms with Gasteiger partial charge in [-0.25, -0.2) is 0 Å². The van der Waals surface area contributed by atoms with Crippen molar-refractivity contribution in [2.24, 2.45) is 5.92 Å². The molecule has 0 aliphatic carbocycles. The number of phenols is 1. The first-order chi connectivity index (χ1) is 40.5. The first-order valence-corrected chi connectivity index (χ1v) is 26.6. The van der Waals surface area contributed by atoms with E-state index in [1.807, 2.05) is 112 Å². The lowest BCUT2D eigenvalue weighted by molar-refractivity contribution is -0.118. The lowest BCUT2D eigenvalue weighted by Gasteiger charge is -2.11. The SMILES string of the molecule is CNc1ccc(Oc2cccc(NC(=O)c3cc(O)cc(C(C)=O)c3)c2)cc1.CNc1ccc(Oc2cccc(NC(=O)c3cccc(C(C)=O)c3)c2)cc1.CNc1cccc(Oc2ccc(NC(=O)C(C#N)CCC=CCC(C)=O)cc2)c1. The molecule has 17 heteroatoms. The molecule has 0 fully saturated rings. The van der Waals surface area contributed by atoms with Crippen LogP contribution in [0, 0.1) is 17.2 Å². The van der Waals surface area contributed by atoms with Crippen molar-refractivity contribution in [3.63, 3.8) is 0 Å². The van der Waals surface area contributed by atoms with E-state index in [1.165, 1.54) is 39.0 Å². The Balaban J connectivity index is 0.000000202. The Labute approximate surface area is 488 Å². The zero-order valence-corrected chi connectivity index (χ0v) is 47.3. The Morgan fingerprint density at radius 3 is 1.33 bits per heavy atom. The average molecular weight is 1130 g/mol. The molecular formula is C67H65N7O10. The van der Waals surface area contributed by atoms with Crippen molar-refractivity contribution in [3.8, 4) is 46.3 Å². The number of amides is 3. The Morgan fingerprint density at radius 2 is 0.869 bits per heavy atom. The summed E-state index contributed by atoms with van der Waals surface area (Å²) in [6.45, 7) is 4.37. The van der Waals surface area contributed by atoms with E-state index in [0.717, 1.165) is 17.1 Å². The van der Waals surface area contributed by atoms with Gasteiger partial charge in [-0.15, -0.1) is 0 Å². The highest BCUT2D eigenvalue weighted by Gasteiger charge is 2.18. The number of ketones is 3. The van der Waals surface area contributed by atoms with Crippen molar-refractivity contribution < 1.29 is 48.1 Å². The van der Waals surface area contributed by atoms with Crippen molar-refractivity contribution >= 4 is 69.2 Å². The number of aromatic hydroxyl groups is 1. The van der Waals surface area contributed by atoms with E-state index in [2.05, 4.69) is 31.9 Å². The molecule has 0 saturated heterocycles. The Hall–Kier alpha value is -11.0. The van der Waals surface area contributed by atoms with Crippen molar-refractivity contribution in [1.82, 2.24) is 0 Å². The predicted octanol–water partition coefficient (Wildman–Crippen LogP) is 14.6. The first kappa shape index (κ1) is 62.2. The number of Topliss-reactive ketones (excluding diaryl/α,β-unsaturated/α-hetero) is 3. The summed E-state index contributed by atoms with van der Waals surface area (Å²) in [5.41, 5.74) is 6.05. The van der Waals surface area contributed by atoms with E-state index in [0.29, 0.717) is 81.9 Å². The third kappa shape index (κ3) is 20.3. The molecule has 17 nitrogen and oxygen atoms in total. The third-order valence-corrected chi connectivity index (χ3v) is 12.2. The summed E-state index contributed by atoms with van der Waals surface area (Å²) in [6, 6.07) is 56.5. The summed E-state index contributed by atoms with van der Waals surface area (Å²) in [7, 11) is 5.54. The number of hydrogen-bond acceptors (Lipinski definition) is 14. The molecule has 1 unspecified atom stereocenters. The zero-order chi connectivity index (χ0) is 60.4. The molecule has 1 atom stereocenters. The topological polar surface area (TPSA) is 246 Å². The number of carbonyl (C=O) groups excluding carboxylic acids is 6. The number of hydrogen-bond donors (Lipinski definition) is 7. The number of nitrogens with one attached hydrogen (secondary N) is 6. The zero-order valence-electron chi connectivity index (χ0n) is 47.3. The molecule has 0 aromatic heterocycles. The fraction of sp³-hybridized carbons (Fsp3) is 0.149. The first-order valence-electron chi connectivity index (χ1n) is 26.6. The minimum atomic E-state index is -0.753. The standard InChI is InChI=1S/C23H25N3O3.C22H20N2O4.C22H20N2O3/c1-17(27)7-4-3-5-8-18(16-24)23(28)26-19-11-13-21(14-12-19)29-22-10-6-9-20(15-22)25-2;1-14(25)15-10-16(12-19(26)11-15)22(27)24-18-4-3-5-21(13-18)28-20-8-6-17(23-2)7-9-20;1-15(25)16-5-3-6-17(13-16)22(26)24-19-7-4-8-21(14-19)27-20-11-9-18(23-2)10-12-20/h3-4,6,9-15,18,25H,5,7-8H2,1-2H3,(H,26,28);3-13,23,26H,1-2H3,(H,24,27);3-14,23H,1-2H3,(H,24,26). The number of rotatable bonds is 22. The molecule has 0 aliphatic rings. The van der Waals surface area contributed by atoms with Gasteiger partial charge < -0.3 is 51.2 Å². The number of nitrogens with zero attached hydrogens (tertiary/aromatic N) is 1. The molecule has 8 aromatic carbocycles. The van der Waals surface area contributed by atoms with Crippen LogP contribution in [0.4, 0.5) is 34.1 Å². The highest BCUT2D eigenvalue weighted by molar-refractivity contribution is 6.07. The van der Waals surface area contributed by atoms with Crippen molar-refractivity contribution in [1.29, 1.82) is 5.26 Å². The van der Waals surface area contributed by atoms with Crippen LogP contribution < -0.4 is 46.1 Å². The van der Waals surface area contributed by atoms with Crippen LogP contribution in [0.25, 0.3) is 0 Å². The highest BCUT2D eigenvalue weighted by atomic mass is 16.5. The number of benzene rings is 8. The van der Waals surface area contributed by atoms with E-state index in [4.69, 9.17) is 14.2 Å². The monoisotopic (exact) mass is 1130 g/mol. The Bertz CT molecular complexity index is 3630. The molecule has 0 saturated carbocycles. The summed E-state index contributed by atoms with van der Waals surface area (Å²) in [5, 5.41) is 36.5. The van der Waals surface area contributed by atoms with Gasteiger partial charge in [-0.1, -0.05) is 42.5 Å². The Kier molecular flexibility index (Phi) is 23.5. The second-order valence-corrected chi connectivity index (χ2v) is 18.7. The minimum Gasteiger partial charge on any atom is -0.508 e. The molecule has 3 amide bonds. The van der Waals surface area contributed by atoms with Gasteiger partial charge in [0, 0.05) is 102 Å². The van der Waals surface area contributed by atoms with Gasteiger partial charge in [-0.2, -0.15) is 5.26 Å². The number of allylic oxidation sites excluding steroid dienone is 2. The van der Waals surface area contributed by atoms with Crippen LogP contribution in [0.5, 0.6) is 40.2 Å². The molecule has 428 valence electrons. The normalized spacial score (nSPS) is 10.6. The fourth-order valence-electron chi connectivity index (χ4n) is 7.73. The molecule has 7 N–H and O–H groups in total. The molecular weight excluding hydrogens is 1060 g/mol. The number of anilines is 6. The third-order valence-electron chi connectivity index (χ3n) is 12.2. The molecule has 8 rings (SSSR count). The van der Waals surface area contributed by atoms with E-state index in [9.17, 15) is 39.1 Å². The van der Waals surface area contributed by atoms with Crippen LogP contribution in [0.3, 0.4) is 0 Å². The molecule has 0 radical (unpaired) electrons. The summed E-state index contributed by atoms with van der Waals surface area (Å²) in [6.07, 6.45) is 4.93. The molecule has 8 aromatic rings. The minimum absolute atomic E-state index is 0.0793. The van der Waals surface area contributed by atoms with Gasteiger partial charge in [0.05, 0.1) is 6.07 Å². The number of nitriles is 1. The van der Waals surface area contributed by atoms with Crippen LogP contribution >= 0.6 is 0 Å². The van der Waals surface area contributed by atoms with Crippen LogP contribution in [0.1, 0.15) is 81.5 Å². The maximum Gasteiger partial charge on any atom is 0.255 e. The molecule has 84 heavy (non-hydrogen) atoms. The van der Waals surface area contributed by atoms with Gasteiger partial charge in [0.2, 0.25) is 5.91 Å². The van der Waals surface area contributed by atoms with Crippen molar-refractivity contribution in [3.05, 3.63) is 222 Å². The lowest BCUT2D eigenvalue weighted by atomic mass is 10.0. The summed E-state index contributed by atoms with van der Waals surface area (Å²) in [5.74, 6) is 1.71. The molecule has 0 aliphatic heterocycles. The van der Waals surface area contributed by atoms with Crippen LogP contribution in [-0.2, 0) is 9.59 Å². The van der Waals surface area contributed by atoms with Crippen LogP contribution in [0.2, 0.25) is 0 Å². The van der Waals surface area contributed by atoms with Gasteiger partial charge in [0.15, 0.2) is 11.6 Å². The van der Waals surface area contributed by atoms with E-state index < -0.39 is 11.8 Å². The second kappa shape index (κ2) is 31.7. The Morgan fingerprint density at radius 1 is 0.452 bits per heavy atom. The van der Waals surface area contributed by atoms with E-state index >= 15 is 0 Å². The fourth-order valence-corrected chi connectivity index (χ4v) is 7.73. The van der Waals surface area contributed by atoms with Gasteiger partial charge in [-0.3, -0.25) is 28.8 Å². The number of carbonyl (C=O) groups is 6. The van der Waals surface area contributed by atoms with Crippen LogP contribution in [0.15, 0.2) is 200 Å². The summed E-state index contributed by atoms with van der Waals surface area (Å²) in [4.78, 5) is 71.2. The highest BCUT2D eigenvalue weighted by Crippen LogP contribution is 2.29. The smallest absolute Gasteiger partial charge is 0.255 e. The van der Waals surface area contributed by atoms with Crippen LogP contribution in [-0.4, -0.2) is 61.3 Å². The van der Waals surface area contributed by atoms with Gasteiger partial charge in [-0.05, 0) is 173 Å². The predicted molar refractivity (Wildman–Crippen MR) is 329 cm³/mol. The van der Waals surface area contributed by atoms with E-state index in [-0.39, 0.29) is 46.0 Å². The summed E-state index contributed by atoms with van der Waals surface area (Å²) < 4.78 is 17.5. The molecule has 0 spiro atoms. The van der Waals surface area contributed by atoms with Gasteiger partial charge in [0.1, 0.15) is 51.9 Å². The maximum absolute atomic E-state index is 12.5. The van der Waals surface area contributed by atoms with Crippen molar-refractivity contribution in [2.75, 3.05) is 53.0 Å². The molecule has 0 bridgehead atoms. The van der Waals surface area contributed by atoms with Crippen molar-refractivity contribution in [2.45, 2.75) is 40.0 Å². The summed E-state index contributed by atoms with van der Waals surface area (Å²) >= 11 is 0. The number of phenolic OH excluding ortho intramolecular Hbond substituents is 1. The maximum atomic E-state index is 12.5. The largest absolute Gasteiger partial charge is 0.508 e. The van der Waals surface area contributed by atoms with E-state index in [1.54, 1.807) is 97.1 Å². The van der Waals surface area contributed by atoms with Gasteiger partial charge >= 0.3 is 0 Å². The second-order valence-electron chi connectivity index (χ2n) is 18.7. The average Bonchev–Trinajstić information content (AvgIpc) is 3.71. The lowest BCUT2D eigenvalue weighted by Crippen LogP contribution is -2.21. The molecule has 0 heterocycles. The quantitative estimate of drug-likeness (QED) is 0.0247. The van der Waals surface area contributed by atoms with Gasteiger partial charge in [0.25, 0.3) is 11.8 Å².